The van der Waals surface area contributed by atoms with E-state index in [-0.39, 0.29) is 0 Å². The van der Waals surface area contributed by atoms with Crippen molar-refractivity contribution in [3.8, 4) is 0 Å². The van der Waals surface area contributed by atoms with Crippen LogP contribution in [0.3, 0.4) is 0 Å². The van der Waals surface area contributed by atoms with E-state index in [0.29, 0.717) is 11.5 Å². The van der Waals surface area contributed by atoms with Gasteiger partial charge in [-0.1, -0.05) is 0 Å². The normalized spacial score (nSPS) is 11.5. The van der Waals surface area contributed by atoms with Gasteiger partial charge in [-0.05, 0) is 6.92 Å². The number of aromatic amines is 1. The average Bonchev–Trinajstić information content (AvgIpc) is 2.12. The summed E-state index contributed by atoms with van der Waals surface area (Å²) < 4.78 is 23.6. The van der Waals surface area contributed by atoms with E-state index in [1.54, 1.807) is 6.92 Å². The number of hydrogen-bond acceptors (Lipinski definition) is 3. The van der Waals surface area contributed by atoms with Crippen LogP contribution in [0.1, 0.15) is 5.69 Å². The summed E-state index contributed by atoms with van der Waals surface area (Å²) in [5.41, 5.74) is 0.704. The molecule has 1 aromatic heterocycles. The number of nitrogens with one attached hydrogen (secondary N) is 2. The van der Waals surface area contributed by atoms with Crippen molar-refractivity contribution in [3.63, 3.8) is 0 Å². The van der Waals surface area contributed by atoms with E-state index in [1.165, 1.54) is 6.33 Å². The molecule has 5 nitrogen and oxygen atoms in total. The van der Waals surface area contributed by atoms with Crippen LogP contribution < -0.4 is 4.72 Å². The monoisotopic (exact) mass is 175 g/mol. The van der Waals surface area contributed by atoms with Crippen molar-refractivity contribution >= 4 is 15.8 Å². The molecule has 11 heavy (non-hydrogen) atoms. The third-order valence-corrected chi connectivity index (χ3v) is 1.68. The van der Waals surface area contributed by atoms with Crippen molar-refractivity contribution in [2.24, 2.45) is 0 Å². The fraction of sp³-hybridized carbons (Fsp3) is 0.400. The van der Waals surface area contributed by atoms with E-state index < -0.39 is 10.0 Å². The summed E-state index contributed by atoms with van der Waals surface area (Å²) in [7, 11) is -3.20. The lowest BCUT2D eigenvalue weighted by Gasteiger charge is -1.98. The molecule has 0 aliphatic rings. The first-order chi connectivity index (χ1) is 4.99. The molecule has 0 amide bonds. The molecule has 0 unspecified atom stereocenters. The van der Waals surface area contributed by atoms with Crippen LogP contribution >= 0.6 is 0 Å². The molecule has 0 saturated carbocycles. The Morgan fingerprint density at radius 1 is 1.64 bits per heavy atom. The van der Waals surface area contributed by atoms with Gasteiger partial charge in [-0.2, -0.15) is 0 Å². The van der Waals surface area contributed by atoms with Gasteiger partial charge in [-0.3, -0.25) is 4.72 Å². The fourth-order valence-corrected chi connectivity index (χ4v) is 1.19. The third-order valence-electron chi connectivity index (χ3n) is 1.11. The highest BCUT2D eigenvalue weighted by Crippen LogP contribution is 2.07. The Morgan fingerprint density at radius 3 is 2.64 bits per heavy atom. The molecular formula is C5H9N3O2S. The van der Waals surface area contributed by atoms with Gasteiger partial charge < -0.3 is 4.98 Å². The molecular weight excluding hydrogens is 166 g/mol. The maximum absolute atomic E-state index is 10.7. The largest absolute Gasteiger partial charge is 0.347 e. The zero-order valence-electron chi connectivity index (χ0n) is 6.25. The summed E-state index contributed by atoms with van der Waals surface area (Å²) >= 11 is 0. The molecule has 0 atom stereocenters. The van der Waals surface area contributed by atoms with E-state index >= 15 is 0 Å². The van der Waals surface area contributed by atoms with Gasteiger partial charge in [0.2, 0.25) is 10.0 Å². The van der Waals surface area contributed by atoms with Gasteiger partial charge in [0.05, 0.1) is 18.3 Å². The number of aryl methyl sites for hydroxylation is 1. The summed E-state index contributed by atoms with van der Waals surface area (Å²) in [5, 5.41) is 0. The number of hydrogen-bond donors (Lipinski definition) is 2. The second kappa shape index (κ2) is 2.54. The van der Waals surface area contributed by atoms with E-state index in [0.717, 1.165) is 6.26 Å². The summed E-state index contributed by atoms with van der Waals surface area (Å²) in [5.74, 6) is 0.354. The van der Waals surface area contributed by atoms with Crippen LogP contribution in [0.4, 0.5) is 5.82 Å². The van der Waals surface area contributed by atoms with Crippen LogP contribution in [-0.4, -0.2) is 24.6 Å². The first kappa shape index (κ1) is 8.06. The minimum atomic E-state index is -3.20. The molecule has 0 spiro atoms. The molecule has 0 radical (unpaired) electrons. The van der Waals surface area contributed by atoms with E-state index in [2.05, 4.69) is 14.7 Å². The van der Waals surface area contributed by atoms with E-state index in [4.69, 9.17) is 0 Å². The molecule has 1 rings (SSSR count). The Hall–Kier alpha value is -1.04. The summed E-state index contributed by atoms with van der Waals surface area (Å²) in [6.07, 6.45) is 2.52. The predicted molar refractivity (Wildman–Crippen MR) is 41.8 cm³/mol. The molecule has 0 fully saturated rings. The van der Waals surface area contributed by atoms with Crippen molar-refractivity contribution in [1.29, 1.82) is 0 Å². The molecule has 0 aliphatic carbocycles. The van der Waals surface area contributed by atoms with Gasteiger partial charge in [0.25, 0.3) is 0 Å². The zero-order chi connectivity index (χ0) is 8.48. The Balaban J connectivity index is 2.89. The van der Waals surface area contributed by atoms with Crippen LogP contribution in [0.15, 0.2) is 6.33 Å². The quantitative estimate of drug-likeness (QED) is 0.669. The summed E-state index contributed by atoms with van der Waals surface area (Å²) in [4.78, 5) is 6.51. The highest BCUT2D eigenvalue weighted by molar-refractivity contribution is 7.92. The fourth-order valence-electron chi connectivity index (χ4n) is 0.637. The lowest BCUT2D eigenvalue weighted by molar-refractivity contribution is 0.606. The lowest BCUT2D eigenvalue weighted by Crippen LogP contribution is -2.10. The predicted octanol–water partition coefficient (Wildman–Crippen LogP) is 0.0896. The molecule has 0 bridgehead atoms. The van der Waals surface area contributed by atoms with E-state index in [1.807, 2.05) is 0 Å². The molecule has 0 saturated heterocycles. The maximum Gasteiger partial charge on any atom is 0.231 e. The molecule has 6 heteroatoms. The van der Waals surface area contributed by atoms with Gasteiger partial charge >= 0.3 is 0 Å². The highest BCUT2D eigenvalue weighted by Gasteiger charge is 2.05. The Morgan fingerprint density at radius 2 is 2.27 bits per heavy atom. The average molecular weight is 175 g/mol. The lowest BCUT2D eigenvalue weighted by atomic mass is 10.5. The van der Waals surface area contributed by atoms with Gasteiger partial charge in [0.15, 0.2) is 5.82 Å². The molecule has 2 N–H and O–H groups in total. The van der Waals surface area contributed by atoms with Crippen molar-refractivity contribution in [1.82, 2.24) is 9.97 Å². The van der Waals surface area contributed by atoms with Crippen molar-refractivity contribution in [3.05, 3.63) is 12.0 Å². The number of anilines is 1. The summed E-state index contributed by atoms with van der Waals surface area (Å²) in [6, 6.07) is 0. The maximum atomic E-state index is 10.7. The second-order valence-corrected chi connectivity index (χ2v) is 4.00. The summed E-state index contributed by atoms with van der Waals surface area (Å²) in [6.45, 7) is 1.74. The molecule has 1 aromatic rings. The van der Waals surface area contributed by atoms with Crippen LogP contribution in [0, 0.1) is 6.92 Å². The van der Waals surface area contributed by atoms with Gasteiger partial charge in [0, 0.05) is 0 Å². The van der Waals surface area contributed by atoms with Crippen molar-refractivity contribution < 1.29 is 8.42 Å². The van der Waals surface area contributed by atoms with Crippen molar-refractivity contribution in [2.45, 2.75) is 6.92 Å². The number of imidazole rings is 1. The van der Waals surface area contributed by atoms with Crippen molar-refractivity contribution in [2.75, 3.05) is 11.0 Å². The van der Waals surface area contributed by atoms with Crippen LogP contribution in [0.5, 0.6) is 0 Å². The molecule has 0 aromatic carbocycles. The van der Waals surface area contributed by atoms with Crippen LogP contribution in [0.2, 0.25) is 0 Å². The number of sulfonamides is 1. The topological polar surface area (TPSA) is 74.8 Å². The van der Waals surface area contributed by atoms with Gasteiger partial charge in [0.1, 0.15) is 0 Å². The van der Waals surface area contributed by atoms with Gasteiger partial charge in [-0.25, -0.2) is 13.4 Å². The highest BCUT2D eigenvalue weighted by atomic mass is 32.2. The Bertz CT molecular complexity index is 340. The van der Waals surface area contributed by atoms with E-state index in [9.17, 15) is 8.42 Å². The molecule has 1 heterocycles. The Labute approximate surface area is 64.9 Å². The minimum Gasteiger partial charge on any atom is -0.347 e. The van der Waals surface area contributed by atoms with Gasteiger partial charge in [-0.15, -0.1) is 0 Å². The number of rotatable bonds is 2. The molecule has 62 valence electrons. The van der Waals surface area contributed by atoms with Crippen LogP contribution in [-0.2, 0) is 10.0 Å². The number of nitrogens with zero attached hydrogens (tertiary/aromatic N) is 1. The number of aromatic nitrogens is 2. The zero-order valence-corrected chi connectivity index (χ0v) is 7.07. The molecule has 0 aliphatic heterocycles. The Kier molecular flexibility index (Phi) is 1.86. The minimum absolute atomic E-state index is 0.354. The second-order valence-electron chi connectivity index (χ2n) is 2.25. The first-order valence-corrected chi connectivity index (χ1v) is 4.86. The third kappa shape index (κ3) is 2.23. The standard InChI is InChI=1S/C5H9N3O2S/c1-4-5(7-3-6-4)8-11(2,9)10/h3,8H,1-2H3,(H,6,7). The first-order valence-electron chi connectivity index (χ1n) is 2.97. The smallest absolute Gasteiger partial charge is 0.231 e. The van der Waals surface area contributed by atoms with Crippen LogP contribution in [0.25, 0.3) is 0 Å². The SMILES string of the molecule is Cc1[nH]cnc1NS(C)(=O)=O. The number of H-pyrrole nitrogens is 1.